The Labute approximate surface area is 201 Å². The fourth-order valence-electron chi connectivity index (χ4n) is 3.11. The molecule has 0 radical (unpaired) electrons. The monoisotopic (exact) mass is 481 g/mol. The van der Waals surface area contributed by atoms with Crippen LogP contribution in [0.4, 0.5) is 11.6 Å². The first-order valence-electron chi connectivity index (χ1n) is 10.8. The van der Waals surface area contributed by atoms with Gasteiger partial charge in [0.15, 0.2) is 11.2 Å². The standard InChI is InChI=1S/C23H27N7O5/c1-23(2,3)16(31)9-8-15(21(34)35)28-19(32)12-4-6-13(7-5-12)25-10-14-11-26-18-17(27-14)20(33)30-22(24)29-18/h4-7,11,15,25H,8-10H2,1-3H3,(H,28,32)(H,34,35)(H3,24,26,29,30,33). The van der Waals surface area contributed by atoms with Crippen LogP contribution >= 0.6 is 0 Å². The molecule has 1 amide bonds. The summed E-state index contributed by atoms with van der Waals surface area (Å²) in [5, 5.41) is 24.9. The summed E-state index contributed by atoms with van der Waals surface area (Å²) in [4.78, 5) is 52.1. The molecule has 35 heavy (non-hydrogen) atoms. The molecule has 0 aliphatic carbocycles. The lowest BCUT2D eigenvalue weighted by Gasteiger charge is -2.19. The zero-order chi connectivity index (χ0) is 25.8. The highest BCUT2D eigenvalue weighted by molar-refractivity contribution is 5.97. The number of Topliss-reactive ketones (excluding diaryl/α,β-unsaturated/α-hetero) is 1. The van der Waals surface area contributed by atoms with E-state index in [9.17, 15) is 24.6 Å². The minimum Gasteiger partial charge on any atom is -0.492 e. The summed E-state index contributed by atoms with van der Waals surface area (Å²) in [7, 11) is 0. The molecule has 1 unspecified atom stereocenters. The number of ketones is 1. The number of hydrogen-bond acceptors (Lipinski definition) is 10. The van der Waals surface area contributed by atoms with Crippen molar-refractivity contribution in [1.82, 2.24) is 25.3 Å². The summed E-state index contributed by atoms with van der Waals surface area (Å²) in [5.41, 5.74) is 6.67. The summed E-state index contributed by atoms with van der Waals surface area (Å²) in [6, 6.07) is 5.23. The number of anilines is 2. The quantitative estimate of drug-likeness (QED) is 0.299. The second-order valence-electron chi connectivity index (χ2n) is 8.95. The van der Waals surface area contributed by atoms with Gasteiger partial charge < -0.3 is 26.6 Å². The number of aromatic hydroxyl groups is 1. The Bertz CT molecular complexity index is 1260. The Morgan fingerprint density at radius 3 is 2.40 bits per heavy atom. The van der Waals surface area contributed by atoms with E-state index < -0.39 is 23.3 Å². The van der Waals surface area contributed by atoms with Crippen LogP contribution in [0.15, 0.2) is 30.5 Å². The maximum absolute atomic E-state index is 12.5. The number of aromatic nitrogens is 4. The minimum absolute atomic E-state index is 0.0107. The van der Waals surface area contributed by atoms with Gasteiger partial charge in [-0.25, -0.2) is 14.8 Å². The second-order valence-corrected chi connectivity index (χ2v) is 8.95. The summed E-state index contributed by atoms with van der Waals surface area (Å²) in [6.45, 7) is 5.56. The third kappa shape index (κ3) is 6.59. The van der Waals surface area contributed by atoms with Crippen LogP contribution < -0.4 is 16.4 Å². The van der Waals surface area contributed by atoms with Crippen LogP contribution in [0, 0.1) is 5.41 Å². The van der Waals surface area contributed by atoms with Crippen molar-refractivity contribution in [3.05, 3.63) is 41.7 Å². The van der Waals surface area contributed by atoms with Crippen LogP contribution in [-0.2, 0) is 16.1 Å². The number of aliphatic carboxylic acids is 1. The predicted molar refractivity (Wildman–Crippen MR) is 128 cm³/mol. The van der Waals surface area contributed by atoms with Crippen LogP contribution in [-0.4, -0.2) is 53.9 Å². The Morgan fingerprint density at radius 2 is 1.77 bits per heavy atom. The Kier molecular flexibility index (Phi) is 7.43. The van der Waals surface area contributed by atoms with E-state index >= 15 is 0 Å². The smallest absolute Gasteiger partial charge is 0.326 e. The van der Waals surface area contributed by atoms with Crippen molar-refractivity contribution in [2.45, 2.75) is 46.2 Å². The van der Waals surface area contributed by atoms with Gasteiger partial charge in [-0.05, 0) is 30.7 Å². The number of nitrogens with two attached hydrogens (primary N) is 1. The number of carbonyl (C=O) groups is 3. The van der Waals surface area contributed by atoms with Gasteiger partial charge >= 0.3 is 5.97 Å². The van der Waals surface area contributed by atoms with Crippen molar-refractivity contribution in [3.8, 4) is 5.88 Å². The third-order valence-electron chi connectivity index (χ3n) is 5.18. The molecule has 0 bridgehead atoms. The van der Waals surface area contributed by atoms with E-state index in [0.717, 1.165) is 0 Å². The number of nitrogen functional groups attached to an aromatic ring is 1. The number of carboxylic acid groups (broad SMARTS) is 1. The number of rotatable bonds is 9. The number of carboxylic acids is 1. The first kappa shape index (κ1) is 25.3. The molecule has 0 saturated carbocycles. The van der Waals surface area contributed by atoms with Crippen molar-refractivity contribution in [2.24, 2.45) is 5.41 Å². The van der Waals surface area contributed by atoms with E-state index in [4.69, 9.17) is 5.73 Å². The Balaban J connectivity index is 1.59. The van der Waals surface area contributed by atoms with Crippen LogP contribution in [0.5, 0.6) is 5.88 Å². The highest BCUT2D eigenvalue weighted by Gasteiger charge is 2.26. The van der Waals surface area contributed by atoms with Gasteiger partial charge in [-0.15, -0.1) is 0 Å². The van der Waals surface area contributed by atoms with Gasteiger partial charge in [0.1, 0.15) is 11.8 Å². The summed E-state index contributed by atoms with van der Waals surface area (Å²) in [5.74, 6) is -2.29. The highest BCUT2D eigenvalue weighted by atomic mass is 16.4. The zero-order valence-electron chi connectivity index (χ0n) is 19.6. The van der Waals surface area contributed by atoms with Crippen molar-refractivity contribution in [2.75, 3.05) is 11.1 Å². The number of carbonyl (C=O) groups excluding carboxylic acids is 2. The number of nitrogens with zero attached hydrogens (tertiary/aromatic N) is 4. The van der Waals surface area contributed by atoms with Crippen molar-refractivity contribution in [3.63, 3.8) is 0 Å². The topological polar surface area (TPSA) is 193 Å². The fourth-order valence-corrected chi connectivity index (χ4v) is 3.11. The van der Waals surface area contributed by atoms with Gasteiger partial charge in [0, 0.05) is 23.1 Å². The van der Waals surface area contributed by atoms with Gasteiger partial charge in [-0.1, -0.05) is 20.8 Å². The van der Waals surface area contributed by atoms with Crippen LogP contribution in [0.2, 0.25) is 0 Å². The molecular formula is C23H27N7O5. The van der Waals surface area contributed by atoms with Gasteiger partial charge in [0.25, 0.3) is 5.91 Å². The normalized spacial score (nSPS) is 12.2. The molecule has 0 aliphatic heterocycles. The minimum atomic E-state index is -1.20. The predicted octanol–water partition coefficient (Wildman–Crippen LogP) is 1.90. The van der Waals surface area contributed by atoms with E-state index in [2.05, 4.69) is 30.6 Å². The van der Waals surface area contributed by atoms with E-state index in [0.29, 0.717) is 11.4 Å². The Morgan fingerprint density at radius 1 is 1.09 bits per heavy atom. The molecule has 3 rings (SSSR count). The maximum atomic E-state index is 12.5. The molecule has 3 aromatic rings. The zero-order valence-corrected chi connectivity index (χ0v) is 19.6. The van der Waals surface area contributed by atoms with E-state index in [-0.39, 0.29) is 53.7 Å². The van der Waals surface area contributed by atoms with Crippen molar-refractivity contribution < 1.29 is 24.6 Å². The number of nitrogens with one attached hydrogen (secondary N) is 2. The first-order chi connectivity index (χ1) is 16.4. The molecule has 0 fully saturated rings. The molecule has 1 aromatic carbocycles. The molecule has 12 nitrogen and oxygen atoms in total. The third-order valence-corrected chi connectivity index (χ3v) is 5.18. The SMILES string of the molecule is CC(C)(C)C(=O)CCC(NC(=O)c1ccc(NCc2cnc3nc(N)nc(O)c3n2)cc1)C(=O)O. The molecular weight excluding hydrogens is 454 g/mol. The number of fused-ring (bicyclic) bond motifs is 1. The van der Waals surface area contributed by atoms with Gasteiger partial charge in [-0.3, -0.25) is 9.59 Å². The number of amides is 1. The van der Waals surface area contributed by atoms with Gasteiger partial charge in [-0.2, -0.15) is 9.97 Å². The average Bonchev–Trinajstić information content (AvgIpc) is 2.79. The molecule has 6 N–H and O–H groups in total. The molecule has 12 heteroatoms. The molecule has 2 heterocycles. The highest BCUT2D eigenvalue weighted by Crippen LogP contribution is 2.20. The van der Waals surface area contributed by atoms with Crippen LogP contribution in [0.3, 0.4) is 0 Å². The van der Waals surface area contributed by atoms with E-state index in [1.807, 2.05) is 0 Å². The van der Waals surface area contributed by atoms with Gasteiger partial charge in [0.05, 0.1) is 18.4 Å². The van der Waals surface area contributed by atoms with Crippen molar-refractivity contribution in [1.29, 1.82) is 0 Å². The number of hydrogen-bond donors (Lipinski definition) is 5. The first-order valence-corrected chi connectivity index (χ1v) is 10.8. The molecule has 0 saturated heterocycles. The molecule has 1 atom stereocenters. The summed E-state index contributed by atoms with van der Waals surface area (Å²) < 4.78 is 0. The average molecular weight is 482 g/mol. The van der Waals surface area contributed by atoms with Crippen LogP contribution in [0.25, 0.3) is 11.2 Å². The largest absolute Gasteiger partial charge is 0.492 e. The lowest BCUT2D eigenvalue weighted by molar-refractivity contribution is -0.139. The van der Waals surface area contributed by atoms with E-state index in [1.165, 1.54) is 6.20 Å². The van der Waals surface area contributed by atoms with E-state index in [1.54, 1.807) is 45.0 Å². The summed E-state index contributed by atoms with van der Waals surface area (Å²) >= 11 is 0. The fraction of sp³-hybridized carbons (Fsp3) is 0.348. The molecule has 0 aliphatic rings. The number of benzene rings is 1. The Hall–Kier alpha value is -4.35. The van der Waals surface area contributed by atoms with Gasteiger partial charge in [0.2, 0.25) is 11.8 Å². The molecule has 184 valence electrons. The molecule has 2 aromatic heterocycles. The van der Waals surface area contributed by atoms with Crippen LogP contribution in [0.1, 0.15) is 49.7 Å². The van der Waals surface area contributed by atoms with Crippen molar-refractivity contribution >= 4 is 40.5 Å². The maximum Gasteiger partial charge on any atom is 0.326 e. The lowest BCUT2D eigenvalue weighted by Crippen LogP contribution is -2.41. The lowest BCUT2D eigenvalue weighted by atomic mass is 9.87. The molecule has 0 spiro atoms. The summed E-state index contributed by atoms with van der Waals surface area (Å²) in [6.07, 6.45) is 1.55. The second kappa shape index (κ2) is 10.3.